The van der Waals surface area contributed by atoms with Crippen LogP contribution >= 0.6 is 0 Å². The van der Waals surface area contributed by atoms with Gasteiger partial charge in [-0.3, -0.25) is 4.79 Å². The van der Waals surface area contributed by atoms with Gasteiger partial charge in [-0.05, 0) is 31.4 Å². The van der Waals surface area contributed by atoms with Crippen LogP contribution in [0.25, 0.3) is 0 Å². The van der Waals surface area contributed by atoms with Crippen molar-refractivity contribution in [3.8, 4) is 0 Å². The summed E-state index contributed by atoms with van der Waals surface area (Å²) in [5, 5.41) is 0. The number of rotatable bonds is 5. The van der Waals surface area contributed by atoms with Crippen LogP contribution in [0.3, 0.4) is 0 Å². The Labute approximate surface area is 158 Å². The van der Waals surface area contributed by atoms with Crippen LogP contribution in [0.4, 0.5) is 8.78 Å². The number of likely N-dealkylation sites (tertiary alicyclic amines) is 1. The number of sulfonamides is 1. The average molecular weight is 402 g/mol. The Morgan fingerprint density at radius 2 is 1.93 bits per heavy atom. The lowest BCUT2D eigenvalue weighted by Crippen LogP contribution is -2.50. The molecule has 150 valence electrons. The summed E-state index contributed by atoms with van der Waals surface area (Å²) in [6, 6.07) is 2.30. The first kappa shape index (κ1) is 20.2. The fourth-order valence-corrected chi connectivity index (χ4v) is 5.69. The third-order valence-corrected chi connectivity index (χ3v) is 7.40. The molecular weight excluding hydrogens is 378 g/mol. The minimum Gasteiger partial charge on any atom is -0.381 e. The number of carbonyl (C=O) groups excluding carboxylic acids is 1. The smallest absolute Gasteiger partial charge is 0.243 e. The van der Waals surface area contributed by atoms with Gasteiger partial charge in [0.15, 0.2) is 0 Å². The highest BCUT2D eigenvalue weighted by Crippen LogP contribution is 2.45. The molecule has 0 N–H and O–H groups in total. The summed E-state index contributed by atoms with van der Waals surface area (Å²) < 4.78 is 59.9. The molecule has 2 aliphatic rings. The van der Waals surface area contributed by atoms with Crippen molar-refractivity contribution in [1.82, 2.24) is 9.21 Å². The van der Waals surface area contributed by atoms with Gasteiger partial charge in [0.1, 0.15) is 11.6 Å². The van der Waals surface area contributed by atoms with E-state index in [0.717, 1.165) is 12.1 Å². The van der Waals surface area contributed by atoms with E-state index >= 15 is 0 Å². The molecule has 0 bridgehead atoms. The number of piperidine rings is 1. The molecule has 1 aromatic carbocycles. The van der Waals surface area contributed by atoms with Crippen molar-refractivity contribution in [3.63, 3.8) is 0 Å². The standard InChI is InChI=1S/C18H24F2N2O4S/c1-3-26-12-18-4-5-21(13(2)23)9-14(18)10-22(11-18)27(24,25)17-7-15(19)6-16(20)8-17/h6-8,14H,3-5,9-12H2,1-2H3/t14-,18+/m1/s1. The van der Waals surface area contributed by atoms with Crippen molar-refractivity contribution in [1.29, 1.82) is 0 Å². The molecule has 3 rings (SSSR count). The second kappa shape index (κ2) is 7.44. The van der Waals surface area contributed by atoms with Gasteiger partial charge < -0.3 is 9.64 Å². The van der Waals surface area contributed by atoms with Crippen LogP contribution in [0.15, 0.2) is 23.1 Å². The van der Waals surface area contributed by atoms with Gasteiger partial charge in [0, 0.05) is 51.2 Å². The Hall–Kier alpha value is -1.58. The van der Waals surface area contributed by atoms with Crippen LogP contribution in [0.2, 0.25) is 0 Å². The van der Waals surface area contributed by atoms with Gasteiger partial charge in [-0.1, -0.05) is 0 Å². The van der Waals surface area contributed by atoms with E-state index < -0.39 is 32.0 Å². The van der Waals surface area contributed by atoms with Crippen molar-refractivity contribution >= 4 is 15.9 Å². The maximum Gasteiger partial charge on any atom is 0.243 e. The molecule has 6 nitrogen and oxygen atoms in total. The summed E-state index contributed by atoms with van der Waals surface area (Å²) in [5.41, 5.74) is -0.402. The summed E-state index contributed by atoms with van der Waals surface area (Å²) >= 11 is 0. The van der Waals surface area contributed by atoms with E-state index in [9.17, 15) is 22.0 Å². The van der Waals surface area contributed by atoms with Gasteiger partial charge >= 0.3 is 0 Å². The zero-order chi connectivity index (χ0) is 19.8. The minimum atomic E-state index is -4.05. The first-order valence-electron chi connectivity index (χ1n) is 8.97. The van der Waals surface area contributed by atoms with Crippen molar-refractivity contribution in [2.24, 2.45) is 11.3 Å². The van der Waals surface area contributed by atoms with Crippen molar-refractivity contribution in [2.75, 3.05) is 39.4 Å². The Balaban J connectivity index is 1.90. The van der Waals surface area contributed by atoms with E-state index in [0.29, 0.717) is 38.8 Å². The van der Waals surface area contributed by atoms with Crippen LogP contribution in [0.1, 0.15) is 20.3 Å². The first-order valence-corrected chi connectivity index (χ1v) is 10.4. The number of carbonyl (C=O) groups is 1. The highest BCUT2D eigenvalue weighted by Gasteiger charge is 2.52. The molecule has 0 unspecified atom stereocenters. The number of ether oxygens (including phenoxy) is 1. The second-order valence-corrected chi connectivity index (χ2v) is 9.25. The van der Waals surface area contributed by atoms with E-state index in [1.165, 1.54) is 11.2 Å². The topological polar surface area (TPSA) is 66.9 Å². The van der Waals surface area contributed by atoms with Gasteiger partial charge in [0.25, 0.3) is 0 Å². The number of halogens is 2. The molecule has 2 heterocycles. The lowest BCUT2D eigenvalue weighted by atomic mass is 9.73. The van der Waals surface area contributed by atoms with E-state index in [2.05, 4.69) is 0 Å². The maximum absolute atomic E-state index is 13.5. The zero-order valence-electron chi connectivity index (χ0n) is 15.5. The summed E-state index contributed by atoms with van der Waals surface area (Å²) in [6.45, 7) is 5.66. The van der Waals surface area contributed by atoms with Crippen LogP contribution in [-0.4, -0.2) is 62.9 Å². The number of hydrogen-bond acceptors (Lipinski definition) is 4. The van der Waals surface area contributed by atoms with E-state index in [4.69, 9.17) is 4.74 Å². The van der Waals surface area contributed by atoms with Crippen LogP contribution in [-0.2, 0) is 19.6 Å². The SMILES string of the molecule is CCOC[C@@]12CCN(C(C)=O)C[C@@H]1CN(S(=O)(=O)c1cc(F)cc(F)c1)C2. The number of benzene rings is 1. The van der Waals surface area contributed by atoms with Crippen LogP contribution in [0.5, 0.6) is 0 Å². The van der Waals surface area contributed by atoms with Gasteiger partial charge in [0.2, 0.25) is 15.9 Å². The van der Waals surface area contributed by atoms with E-state index in [-0.39, 0.29) is 24.9 Å². The van der Waals surface area contributed by atoms with Crippen molar-refractivity contribution in [2.45, 2.75) is 25.2 Å². The largest absolute Gasteiger partial charge is 0.381 e. The fourth-order valence-electron chi connectivity index (χ4n) is 4.07. The Bertz CT molecular complexity index is 812. The maximum atomic E-state index is 13.5. The lowest BCUT2D eigenvalue weighted by molar-refractivity contribution is -0.133. The quantitative estimate of drug-likeness (QED) is 0.754. The summed E-state index contributed by atoms with van der Waals surface area (Å²) in [4.78, 5) is 13.1. The highest BCUT2D eigenvalue weighted by atomic mass is 32.2. The third kappa shape index (κ3) is 3.86. The van der Waals surface area contributed by atoms with Gasteiger partial charge in [-0.2, -0.15) is 4.31 Å². The molecule has 0 saturated carbocycles. The average Bonchev–Trinajstić information content (AvgIpc) is 2.98. The molecule has 2 aliphatic heterocycles. The monoisotopic (exact) mass is 402 g/mol. The predicted molar refractivity (Wildman–Crippen MR) is 94.4 cm³/mol. The number of amides is 1. The first-order chi connectivity index (χ1) is 12.7. The van der Waals surface area contributed by atoms with Crippen LogP contribution < -0.4 is 0 Å². The second-order valence-electron chi connectivity index (χ2n) is 7.31. The normalized spacial score (nSPS) is 26.2. The molecule has 2 saturated heterocycles. The third-order valence-electron chi connectivity index (χ3n) is 5.61. The molecule has 0 radical (unpaired) electrons. The Kier molecular flexibility index (Phi) is 5.56. The molecule has 2 atom stereocenters. The predicted octanol–water partition coefficient (Wildman–Crippen LogP) is 1.86. The molecule has 0 aliphatic carbocycles. The zero-order valence-corrected chi connectivity index (χ0v) is 16.3. The highest BCUT2D eigenvalue weighted by molar-refractivity contribution is 7.89. The molecule has 27 heavy (non-hydrogen) atoms. The number of fused-ring (bicyclic) bond motifs is 1. The minimum absolute atomic E-state index is 0.0477. The van der Waals surface area contributed by atoms with Crippen LogP contribution in [0, 0.1) is 23.0 Å². The molecule has 1 aromatic rings. The molecule has 0 aromatic heterocycles. The molecule has 9 heteroatoms. The Morgan fingerprint density at radius 1 is 1.26 bits per heavy atom. The van der Waals surface area contributed by atoms with E-state index in [1.807, 2.05) is 6.92 Å². The fraction of sp³-hybridized carbons (Fsp3) is 0.611. The summed E-state index contributed by atoms with van der Waals surface area (Å²) in [5.74, 6) is -2.00. The molecule has 2 fully saturated rings. The molecule has 0 spiro atoms. The van der Waals surface area contributed by atoms with E-state index in [1.54, 1.807) is 4.90 Å². The lowest BCUT2D eigenvalue weighted by Gasteiger charge is -2.43. The number of nitrogens with zero attached hydrogens (tertiary/aromatic N) is 2. The Morgan fingerprint density at radius 3 is 2.52 bits per heavy atom. The van der Waals surface area contributed by atoms with Crippen molar-refractivity contribution < 1.29 is 26.7 Å². The molecule has 1 amide bonds. The molecular formula is C18H24F2N2O4S. The van der Waals surface area contributed by atoms with Crippen molar-refractivity contribution in [3.05, 3.63) is 29.8 Å². The summed E-state index contributed by atoms with van der Waals surface area (Å²) in [7, 11) is -4.05. The van der Waals surface area contributed by atoms with Gasteiger partial charge in [-0.15, -0.1) is 0 Å². The van der Waals surface area contributed by atoms with Gasteiger partial charge in [-0.25, -0.2) is 17.2 Å². The number of hydrogen-bond donors (Lipinski definition) is 0. The summed E-state index contributed by atoms with van der Waals surface area (Å²) in [6.07, 6.45) is 0.626. The van der Waals surface area contributed by atoms with Gasteiger partial charge in [0.05, 0.1) is 11.5 Å².